The van der Waals surface area contributed by atoms with E-state index >= 15 is 0 Å². The molecule has 4 rings (SSSR count). The van der Waals surface area contributed by atoms with Gasteiger partial charge in [0.05, 0.1) is 22.0 Å². The number of hydrogen-bond acceptors (Lipinski definition) is 3. The topological polar surface area (TPSA) is 78.0 Å². The predicted molar refractivity (Wildman–Crippen MR) is 120 cm³/mol. The molecule has 4 aromatic rings. The van der Waals surface area contributed by atoms with Gasteiger partial charge >= 0.3 is 0 Å². The van der Waals surface area contributed by atoms with Crippen LogP contribution in [0.25, 0.3) is 28.2 Å². The minimum Gasteiger partial charge on any atom is -0.232 e. The van der Waals surface area contributed by atoms with Crippen LogP contribution in [0.1, 0.15) is 11.1 Å². The van der Waals surface area contributed by atoms with Crippen molar-refractivity contribution in [2.45, 2.75) is 18.7 Å². The number of nitrogens with zero attached hydrogens (tertiary/aromatic N) is 2. The quantitative estimate of drug-likeness (QED) is 0.481. The number of primary sulfonamides is 1. The van der Waals surface area contributed by atoms with Gasteiger partial charge in [-0.05, 0) is 61.9 Å². The molecular weight excluding hydrogens is 418 g/mol. The highest BCUT2D eigenvalue weighted by Gasteiger charge is 2.16. The summed E-state index contributed by atoms with van der Waals surface area (Å²) in [5, 5.41) is 10.7. The molecule has 0 aliphatic carbocycles. The van der Waals surface area contributed by atoms with Gasteiger partial charge in [-0.2, -0.15) is 5.10 Å². The maximum Gasteiger partial charge on any atom is 0.238 e. The van der Waals surface area contributed by atoms with Crippen molar-refractivity contribution in [3.05, 3.63) is 88.9 Å². The van der Waals surface area contributed by atoms with Gasteiger partial charge in [-0.1, -0.05) is 47.5 Å². The predicted octanol–water partition coefficient (Wildman–Crippen LogP) is 5.12. The molecule has 0 bridgehead atoms. The molecule has 0 fully saturated rings. The standard InChI is InChI=1S/C23H20ClN3O2S/c1-15-3-12-21(16(2)13-15)23-14-22(17-4-6-18(24)7-5-17)26-27(23)19-8-10-20(11-9-19)30(25,28)29/h3-14H,1-2H3,(H2,25,28,29). The largest absolute Gasteiger partial charge is 0.238 e. The maximum atomic E-state index is 11.6. The van der Waals surface area contributed by atoms with Crippen molar-refractivity contribution >= 4 is 21.6 Å². The van der Waals surface area contributed by atoms with Crippen molar-refractivity contribution in [3.8, 4) is 28.2 Å². The van der Waals surface area contributed by atoms with E-state index in [1.807, 2.05) is 35.0 Å². The van der Waals surface area contributed by atoms with Crippen LogP contribution in [-0.2, 0) is 10.0 Å². The van der Waals surface area contributed by atoms with Crippen LogP contribution in [0.3, 0.4) is 0 Å². The van der Waals surface area contributed by atoms with Crippen LogP contribution in [0.4, 0.5) is 0 Å². The fourth-order valence-electron chi connectivity index (χ4n) is 3.41. The molecule has 0 spiro atoms. The first-order valence-electron chi connectivity index (χ1n) is 9.29. The van der Waals surface area contributed by atoms with Gasteiger partial charge in [-0.3, -0.25) is 0 Å². The second-order valence-corrected chi connectivity index (χ2v) is 9.19. The number of halogens is 1. The smallest absolute Gasteiger partial charge is 0.232 e. The van der Waals surface area contributed by atoms with Crippen LogP contribution in [0.15, 0.2) is 77.7 Å². The number of aryl methyl sites for hydroxylation is 2. The highest BCUT2D eigenvalue weighted by atomic mass is 35.5. The molecule has 0 unspecified atom stereocenters. The Morgan fingerprint density at radius 1 is 0.900 bits per heavy atom. The number of aromatic nitrogens is 2. The third-order valence-corrected chi connectivity index (χ3v) is 6.10. The maximum absolute atomic E-state index is 11.6. The Balaban J connectivity index is 1.90. The Bertz CT molecular complexity index is 1330. The Kier molecular flexibility index (Phi) is 5.24. The average Bonchev–Trinajstić information content (AvgIpc) is 3.13. The molecule has 0 amide bonds. The van der Waals surface area contributed by atoms with E-state index in [1.54, 1.807) is 12.1 Å². The van der Waals surface area contributed by atoms with Crippen molar-refractivity contribution < 1.29 is 8.42 Å². The van der Waals surface area contributed by atoms with Gasteiger partial charge in [-0.15, -0.1) is 0 Å². The second kappa shape index (κ2) is 7.72. The van der Waals surface area contributed by atoms with Crippen LogP contribution in [0.5, 0.6) is 0 Å². The summed E-state index contributed by atoms with van der Waals surface area (Å²) in [5.74, 6) is 0. The summed E-state index contributed by atoms with van der Waals surface area (Å²) < 4.78 is 25.0. The summed E-state index contributed by atoms with van der Waals surface area (Å²) in [4.78, 5) is 0.0596. The number of rotatable bonds is 4. The fourth-order valence-corrected chi connectivity index (χ4v) is 4.05. The lowest BCUT2D eigenvalue weighted by Crippen LogP contribution is -2.12. The van der Waals surface area contributed by atoms with Gasteiger partial charge < -0.3 is 0 Å². The fraction of sp³-hybridized carbons (Fsp3) is 0.0870. The van der Waals surface area contributed by atoms with E-state index < -0.39 is 10.0 Å². The Hall–Kier alpha value is -2.93. The van der Waals surface area contributed by atoms with Gasteiger partial charge in [0, 0.05) is 16.1 Å². The SMILES string of the molecule is Cc1ccc(-c2cc(-c3ccc(Cl)cc3)nn2-c2ccc(S(N)(=O)=O)cc2)c(C)c1. The minimum atomic E-state index is -3.76. The van der Waals surface area contributed by atoms with Crippen molar-refractivity contribution in [3.63, 3.8) is 0 Å². The lowest BCUT2D eigenvalue weighted by atomic mass is 10.0. The zero-order chi connectivity index (χ0) is 21.5. The van der Waals surface area contributed by atoms with E-state index in [0.29, 0.717) is 5.02 Å². The molecule has 3 aromatic carbocycles. The highest BCUT2D eigenvalue weighted by Crippen LogP contribution is 2.31. The first-order valence-corrected chi connectivity index (χ1v) is 11.2. The zero-order valence-corrected chi connectivity index (χ0v) is 18.1. The van der Waals surface area contributed by atoms with Gasteiger partial charge in [0.25, 0.3) is 0 Å². The lowest BCUT2D eigenvalue weighted by Gasteiger charge is -2.11. The van der Waals surface area contributed by atoms with Crippen LogP contribution >= 0.6 is 11.6 Å². The molecule has 1 heterocycles. The average molecular weight is 438 g/mol. The number of benzene rings is 3. The Labute approximate surface area is 180 Å². The molecule has 0 saturated heterocycles. The van der Waals surface area contributed by atoms with Crippen molar-refractivity contribution in [1.29, 1.82) is 0 Å². The number of sulfonamides is 1. The van der Waals surface area contributed by atoms with Gasteiger partial charge in [-0.25, -0.2) is 18.2 Å². The summed E-state index contributed by atoms with van der Waals surface area (Å²) in [6.45, 7) is 4.12. The normalized spacial score (nSPS) is 11.6. The van der Waals surface area contributed by atoms with E-state index in [4.69, 9.17) is 21.8 Å². The summed E-state index contributed by atoms with van der Waals surface area (Å²) in [7, 11) is -3.76. The van der Waals surface area contributed by atoms with Crippen molar-refractivity contribution in [1.82, 2.24) is 9.78 Å². The van der Waals surface area contributed by atoms with Crippen LogP contribution in [0, 0.1) is 13.8 Å². The first kappa shape index (κ1) is 20.3. The van der Waals surface area contributed by atoms with E-state index in [9.17, 15) is 8.42 Å². The van der Waals surface area contributed by atoms with Gasteiger partial charge in [0.15, 0.2) is 0 Å². The molecule has 0 aliphatic heterocycles. The first-order chi connectivity index (χ1) is 14.2. The van der Waals surface area contributed by atoms with E-state index in [0.717, 1.165) is 33.8 Å². The summed E-state index contributed by atoms with van der Waals surface area (Å²) in [6, 6.07) is 22.1. The second-order valence-electron chi connectivity index (χ2n) is 7.19. The van der Waals surface area contributed by atoms with Gasteiger partial charge in [0.1, 0.15) is 0 Å². The highest BCUT2D eigenvalue weighted by molar-refractivity contribution is 7.89. The summed E-state index contributed by atoms with van der Waals surface area (Å²) >= 11 is 6.03. The van der Waals surface area contributed by atoms with Gasteiger partial charge in [0.2, 0.25) is 10.0 Å². The third kappa shape index (κ3) is 4.03. The monoisotopic (exact) mass is 437 g/mol. The molecule has 152 valence electrons. The van der Waals surface area contributed by atoms with Crippen molar-refractivity contribution in [2.24, 2.45) is 5.14 Å². The van der Waals surface area contributed by atoms with E-state index in [-0.39, 0.29) is 4.90 Å². The molecule has 0 saturated carbocycles. The molecule has 0 aliphatic rings. The van der Waals surface area contributed by atoms with Crippen LogP contribution in [0.2, 0.25) is 5.02 Å². The van der Waals surface area contributed by atoms with E-state index in [1.165, 1.54) is 17.7 Å². The molecular formula is C23H20ClN3O2S. The van der Waals surface area contributed by atoms with Crippen molar-refractivity contribution in [2.75, 3.05) is 0 Å². The van der Waals surface area contributed by atoms with E-state index in [2.05, 4.69) is 32.0 Å². The summed E-state index contributed by atoms with van der Waals surface area (Å²) in [5.41, 5.74) is 6.71. The molecule has 5 nitrogen and oxygen atoms in total. The minimum absolute atomic E-state index is 0.0596. The number of nitrogens with two attached hydrogens (primary N) is 1. The molecule has 2 N–H and O–H groups in total. The molecule has 0 atom stereocenters. The molecule has 1 aromatic heterocycles. The summed E-state index contributed by atoms with van der Waals surface area (Å²) in [6.07, 6.45) is 0. The Morgan fingerprint density at radius 2 is 1.57 bits per heavy atom. The molecule has 7 heteroatoms. The third-order valence-electron chi connectivity index (χ3n) is 4.92. The zero-order valence-electron chi connectivity index (χ0n) is 16.5. The number of hydrogen-bond donors (Lipinski definition) is 1. The molecule has 0 radical (unpaired) electrons. The lowest BCUT2D eigenvalue weighted by molar-refractivity contribution is 0.598. The van der Waals surface area contributed by atoms with Crippen LogP contribution < -0.4 is 5.14 Å². The van der Waals surface area contributed by atoms with Crippen LogP contribution in [-0.4, -0.2) is 18.2 Å². The Morgan fingerprint density at radius 3 is 2.17 bits per heavy atom. The molecule has 30 heavy (non-hydrogen) atoms.